The third-order valence-corrected chi connectivity index (χ3v) is 2.55. The van der Waals surface area contributed by atoms with Crippen LogP contribution in [0, 0.1) is 12.3 Å². The van der Waals surface area contributed by atoms with E-state index in [0.717, 1.165) is 30.3 Å². The predicted molar refractivity (Wildman–Crippen MR) is 67.5 cm³/mol. The molecule has 0 saturated carbocycles. The van der Waals surface area contributed by atoms with Crippen molar-refractivity contribution in [2.24, 2.45) is 11.1 Å². The predicted octanol–water partition coefficient (Wildman–Crippen LogP) is 1.74. The minimum atomic E-state index is 0.0885. The second-order valence-corrected chi connectivity index (χ2v) is 4.87. The third-order valence-electron chi connectivity index (χ3n) is 2.55. The van der Waals surface area contributed by atoms with Crippen LogP contribution in [0.2, 0.25) is 0 Å². The molecule has 0 saturated heterocycles. The lowest BCUT2D eigenvalue weighted by molar-refractivity contribution is 0.405. The number of hydrogen-bond donors (Lipinski definition) is 2. The quantitative estimate of drug-likeness (QED) is 0.796. The lowest BCUT2D eigenvalue weighted by atomic mass is 9.94. The van der Waals surface area contributed by atoms with Crippen molar-refractivity contribution in [2.45, 2.75) is 34.1 Å². The normalized spacial score (nSPS) is 11.6. The molecule has 0 radical (unpaired) electrons. The highest BCUT2D eigenvalue weighted by atomic mass is 15.0. The summed E-state index contributed by atoms with van der Waals surface area (Å²) >= 11 is 0. The first-order valence-corrected chi connectivity index (χ1v) is 5.75. The van der Waals surface area contributed by atoms with E-state index in [1.54, 1.807) is 0 Å². The summed E-state index contributed by atoms with van der Waals surface area (Å²) in [5, 5.41) is 3.32. The molecule has 1 aromatic rings. The SMILES string of the molecule is CCc1cc(NCC(C)(C)CN)nc(C)n1. The Balaban J connectivity index is 2.70. The number of nitrogens with two attached hydrogens (primary N) is 1. The topological polar surface area (TPSA) is 63.8 Å². The highest BCUT2D eigenvalue weighted by molar-refractivity contribution is 5.36. The van der Waals surface area contributed by atoms with Gasteiger partial charge in [-0.05, 0) is 25.3 Å². The maximum absolute atomic E-state index is 5.68. The van der Waals surface area contributed by atoms with Gasteiger partial charge in [0.1, 0.15) is 11.6 Å². The van der Waals surface area contributed by atoms with Crippen molar-refractivity contribution in [3.8, 4) is 0 Å². The first kappa shape index (κ1) is 12.9. The maximum atomic E-state index is 5.68. The smallest absolute Gasteiger partial charge is 0.129 e. The van der Waals surface area contributed by atoms with Crippen molar-refractivity contribution in [3.05, 3.63) is 17.6 Å². The Kier molecular flexibility index (Phi) is 4.24. The van der Waals surface area contributed by atoms with Crippen LogP contribution in [0.5, 0.6) is 0 Å². The Morgan fingerprint density at radius 1 is 1.38 bits per heavy atom. The van der Waals surface area contributed by atoms with E-state index < -0.39 is 0 Å². The molecular formula is C12H22N4. The summed E-state index contributed by atoms with van der Waals surface area (Å²) in [5.74, 6) is 1.71. The number of aromatic nitrogens is 2. The summed E-state index contributed by atoms with van der Waals surface area (Å²) in [6.07, 6.45) is 0.929. The fourth-order valence-corrected chi connectivity index (χ4v) is 1.30. The van der Waals surface area contributed by atoms with Gasteiger partial charge in [-0.1, -0.05) is 20.8 Å². The minimum absolute atomic E-state index is 0.0885. The average Bonchev–Trinajstić information content (AvgIpc) is 2.26. The van der Waals surface area contributed by atoms with Crippen LogP contribution in [0.3, 0.4) is 0 Å². The molecule has 4 heteroatoms. The molecule has 16 heavy (non-hydrogen) atoms. The molecule has 0 spiro atoms. The van der Waals surface area contributed by atoms with Crippen molar-refractivity contribution >= 4 is 5.82 Å². The van der Waals surface area contributed by atoms with Crippen LogP contribution in [0.4, 0.5) is 5.82 Å². The van der Waals surface area contributed by atoms with Crippen LogP contribution in [-0.2, 0) is 6.42 Å². The van der Waals surface area contributed by atoms with Crippen molar-refractivity contribution in [2.75, 3.05) is 18.4 Å². The van der Waals surface area contributed by atoms with Crippen molar-refractivity contribution < 1.29 is 0 Å². The van der Waals surface area contributed by atoms with E-state index in [1.807, 2.05) is 13.0 Å². The molecule has 0 fully saturated rings. The zero-order valence-electron chi connectivity index (χ0n) is 10.7. The largest absolute Gasteiger partial charge is 0.369 e. The number of anilines is 1. The summed E-state index contributed by atoms with van der Waals surface area (Å²) in [6.45, 7) is 9.76. The van der Waals surface area contributed by atoms with Crippen molar-refractivity contribution in [3.63, 3.8) is 0 Å². The fourth-order valence-electron chi connectivity index (χ4n) is 1.30. The molecule has 3 N–H and O–H groups in total. The molecule has 0 aromatic carbocycles. The molecule has 0 atom stereocenters. The van der Waals surface area contributed by atoms with Crippen LogP contribution in [-0.4, -0.2) is 23.1 Å². The number of nitrogens with one attached hydrogen (secondary N) is 1. The van der Waals surface area contributed by atoms with E-state index in [2.05, 4.69) is 36.1 Å². The van der Waals surface area contributed by atoms with Crippen LogP contribution >= 0.6 is 0 Å². The lowest BCUT2D eigenvalue weighted by Gasteiger charge is -2.23. The summed E-state index contributed by atoms with van der Waals surface area (Å²) in [6, 6.07) is 2.00. The van der Waals surface area contributed by atoms with E-state index in [0.29, 0.717) is 6.54 Å². The lowest BCUT2D eigenvalue weighted by Crippen LogP contribution is -2.31. The van der Waals surface area contributed by atoms with E-state index in [4.69, 9.17) is 5.73 Å². The summed E-state index contributed by atoms with van der Waals surface area (Å²) in [4.78, 5) is 8.70. The van der Waals surface area contributed by atoms with E-state index in [-0.39, 0.29) is 5.41 Å². The fraction of sp³-hybridized carbons (Fsp3) is 0.667. The van der Waals surface area contributed by atoms with Crippen molar-refractivity contribution in [1.29, 1.82) is 0 Å². The van der Waals surface area contributed by atoms with Gasteiger partial charge in [-0.2, -0.15) is 0 Å². The summed E-state index contributed by atoms with van der Waals surface area (Å²) in [7, 11) is 0. The average molecular weight is 222 g/mol. The van der Waals surface area contributed by atoms with Gasteiger partial charge in [0.15, 0.2) is 0 Å². The molecule has 0 aliphatic heterocycles. The van der Waals surface area contributed by atoms with Crippen LogP contribution in [0.15, 0.2) is 6.07 Å². The van der Waals surface area contributed by atoms with E-state index >= 15 is 0 Å². The monoisotopic (exact) mass is 222 g/mol. The molecule has 0 amide bonds. The van der Waals surface area contributed by atoms with Gasteiger partial charge in [0.2, 0.25) is 0 Å². The Bertz CT molecular complexity index is 347. The summed E-state index contributed by atoms with van der Waals surface area (Å²) < 4.78 is 0. The van der Waals surface area contributed by atoms with Crippen molar-refractivity contribution in [1.82, 2.24) is 9.97 Å². The highest BCUT2D eigenvalue weighted by Crippen LogP contribution is 2.14. The zero-order valence-corrected chi connectivity index (χ0v) is 10.7. The van der Waals surface area contributed by atoms with Gasteiger partial charge in [0.05, 0.1) is 0 Å². The van der Waals surface area contributed by atoms with Crippen LogP contribution < -0.4 is 11.1 Å². The summed E-state index contributed by atoms with van der Waals surface area (Å²) in [5.41, 5.74) is 6.84. The molecule has 1 rings (SSSR count). The van der Waals surface area contributed by atoms with Gasteiger partial charge in [-0.15, -0.1) is 0 Å². The molecule has 1 aromatic heterocycles. The first-order chi connectivity index (χ1) is 7.46. The zero-order chi connectivity index (χ0) is 12.2. The van der Waals surface area contributed by atoms with Gasteiger partial charge < -0.3 is 11.1 Å². The molecule has 0 aliphatic rings. The second kappa shape index (κ2) is 5.25. The van der Waals surface area contributed by atoms with Gasteiger partial charge >= 0.3 is 0 Å². The maximum Gasteiger partial charge on any atom is 0.129 e. The molecule has 0 aliphatic carbocycles. The minimum Gasteiger partial charge on any atom is -0.369 e. The molecular weight excluding hydrogens is 200 g/mol. The first-order valence-electron chi connectivity index (χ1n) is 5.75. The number of nitrogens with zero attached hydrogens (tertiary/aromatic N) is 2. The molecule has 0 bridgehead atoms. The number of rotatable bonds is 5. The van der Waals surface area contributed by atoms with Gasteiger partial charge in [0.25, 0.3) is 0 Å². The molecule has 4 nitrogen and oxygen atoms in total. The Hall–Kier alpha value is -1.16. The van der Waals surface area contributed by atoms with Crippen LogP contribution in [0.1, 0.15) is 32.3 Å². The van der Waals surface area contributed by atoms with Gasteiger partial charge in [-0.25, -0.2) is 9.97 Å². The third kappa shape index (κ3) is 3.77. The highest BCUT2D eigenvalue weighted by Gasteiger charge is 2.15. The second-order valence-electron chi connectivity index (χ2n) is 4.87. The molecule has 90 valence electrons. The van der Waals surface area contributed by atoms with Gasteiger partial charge in [0, 0.05) is 18.3 Å². The number of aryl methyl sites for hydroxylation is 2. The Labute approximate surface area is 97.7 Å². The molecule has 1 heterocycles. The van der Waals surface area contributed by atoms with Gasteiger partial charge in [-0.3, -0.25) is 0 Å². The van der Waals surface area contributed by atoms with E-state index in [9.17, 15) is 0 Å². The van der Waals surface area contributed by atoms with Crippen LogP contribution in [0.25, 0.3) is 0 Å². The molecule has 0 unspecified atom stereocenters. The number of hydrogen-bond acceptors (Lipinski definition) is 4. The standard InChI is InChI=1S/C12H22N4/c1-5-10-6-11(16-9(2)15-10)14-8-12(3,4)7-13/h6H,5,7-8,13H2,1-4H3,(H,14,15,16). The Morgan fingerprint density at radius 3 is 2.62 bits per heavy atom. The Morgan fingerprint density at radius 2 is 2.06 bits per heavy atom. The van der Waals surface area contributed by atoms with E-state index in [1.165, 1.54) is 0 Å².